The lowest BCUT2D eigenvalue weighted by Gasteiger charge is -2.33. The van der Waals surface area contributed by atoms with E-state index in [1.807, 2.05) is 19.1 Å². The normalized spacial score (nSPS) is 17.4. The Morgan fingerprint density at radius 1 is 0.700 bits per heavy atom. The monoisotopic (exact) mass is 568 g/mol. The first kappa shape index (κ1) is 32.3. The fraction of sp³-hybridized carbons (Fsp3) is 0.618. The molecular formula is C34H52N2O3S. The number of nitrogens with zero attached hydrogens (tertiary/aromatic N) is 2. The summed E-state index contributed by atoms with van der Waals surface area (Å²) in [6, 6.07) is 8.45. The van der Waals surface area contributed by atoms with Crippen LogP contribution >= 0.6 is 11.8 Å². The number of hydrazine groups is 1. The van der Waals surface area contributed by atoms with Gasteiger partial charge in [0, 0.05) is 20.0 Å². The smallest absolute Gasteiger partial charge is 0.251 e. The Hall–Kier alpha value is -2.18. The lowest BCUT2D eigenvalue weighted by atomic mass is 9.73. The number of benzene rings is 2. The van der Waals surface area contributed by atoms with Crippen LogP contribution in [-0.2, 0) is 26.5 Å². The molecule has 6 heteroatoms. The maximum atomic E-state index is 14.0. The van der Waals surface area contributed by atoms with Gasteiger partial charge in [-0.3, -0.25) is 9.80 Å². The van der Waals surface area contributed by atoms with Crippen molar-refractivity contribution in [3.63, 3.8) is 0 Å². The first-order valence-corrected chi connectivity index (χ1v) is 15.4. The van der Waals surface area contributed by atoms with Crippen molar-refractivity contribution >= 4 is 17.7 Å². The number of carbonyl (C=O) groups is 1. The predicted octanol–water partition coefficient (Wildman–Crippen LogP) is 7.80. The van der Waals surface area contributed by atoms with Crippen molar-refractivity contribution < 1.29 is 15.0 Å². The molecule has 2 N–H and O–H groups in total. The third kappa shape index (κ3) is 6.33. The highest BCUT2D eigenvalue weighted by molar-refractivity contribution is 8.01. The standard InChI is InChI=1S/C34H52N2O3S/c1-31(2,3)22-15-20(16-23(27(22)37)32(4,5)6)26(29-30(39)36(19-40-29)35(13)14)21-17-24(33(7,8)9)28(38)25(18-21)34(10,11)12/h15-18,26,29,37-38H,19H2,1-14H3. The van der Waals surface area contributed by atoms with Crippen LogP contribution in [-0.4, -0.2) is 51.4 Å². The molecular weight excluding hydrogens is 516 g/mol. The summed E-state index contributed by atoms with van der Waals surface area (Å²) in [6.45, 7) is 25.4. The Bertz CT molecular complexity index is 1120. The maximum Gasteiger partial charge on any atom is 0.251 e. The number of amides is 1. The van der Waals surface area contributed by atoms with E-state index in [1.165, 1.54) is 0 Å². The summed E-state index contributed by atoms with van der Waals surface area (Å²) in [5, 5.41) is 26.3. The molecule has 1 atom stereocenters. The zero-order chi connectivity index (χ0) is 30.7. The van der Waals surface area contributed by atoms with E-state index in [2.05, 4.69) is 107 Å². The topological polar surface area (TPSA) is 64.0 Å². The molecule has 1 heterocycles. The highest BCUT2D eigenvalue weighted by Gasteiger charge is 2.43. The number of phenols is 2. The molecule has 0 radical (unpaired) electrons. The van der Waals surface area contributed by atoms with Gasteiger partial charge in [-0.2, -0.15) is 0 Å². The van der Waals surface area contributed by atoms with E-state index in [9.17, 15) is 15.0 Å². The van der Waals surface area contributed by atoms with Crippen LogP contribution in [0.5, 0.6) is 11.5 Å². The number of thioether (sulfide) groups is 1. The van der Waals surface area contributed by atoms with Crippen molar-refractivity contribution in [2.24, 2.45) is 0 Å². The van der Waals surface area contributed by atoms with Gasteiger partial charge in [-0.1, -0.05) is 107 Å². The van der Waals surface area contributed by atoms with Crippen LogP contribution in [0.15, 0.2) is 24.3 Å². The molecule has 1 amide bonds. The van der Waals surface area contributed by atoms with E-state index in [1.54, 1.807) is 16.8 Å². The number of carbonyl (C=O) groups excluding carboxylic acids is 1. The van der Waals surface area contributed by atoms with Crippen molar-refractivity contribution in [2.45, 2.75) is 116 Å². The van der Waals surface area contributed by atoms with Gasteiger partial charge in [0.05, 0.1) is 11.1 Å². The van der Waals surface area contributed by atoms with Gasteiger partial charge < -0.3 is 10.2 Å². The van der Waals surface area contributed by atoms with Crippen LogP contribution in [0.3, 0.4) is 0 Å². The maximum absolute atomic E-state index is 14.0. The molecule has 0 aliphatic carbocycles. The third-order valence-corrected chi connectivity index (χ3v) is 9.10. The van der Waals surface area contributed by atoms with Gasteiger partial charge >= 0.3 is 0 Å². The summed E-state index contributed by atoms with van der Waals surface area (Å²) < 4.78 is 0. The number of aromatic hydroxyl groups is 2. The van der Waals surface area contributed by atoms with Gasteiger partial charge in [0.1, 0.15) is 11.5 Å². The molecule has 40 heavy (non-hydrogen) atoms. The van der Waals surface area contributed by atoms with Crippen LogP contribution in [0.4, 0.5) is 0 Å². The van der Waals surface area contributed by atoms with Crippen molar-refractivity contribution in [2.75, 3.05) is 20.0 Å². The highest BCUT2D eigenvalue weighted by atomic mass is 32.2. The van der Waals surface area contributed by atoms with E-state index >= 15 is 0 Å². The second kappa shape index (κ2) is 10.6. The zero-order valence-electron chi connectivity index (χ0n) is 27.3. The number of phenolic OH excluding ortho intramolecular Hbond substituents is 2. The summed E-state index contributed by atoms with van der Waals surface area (Å²) in [5.74, 6) is 1.05. The van der Waals surface area contributed by atoms with E-state index in [0.29, 0.717) is 17.4 Å². The summed E-state index contributed by atoms with van der Waals surface area (Å²) >= 11 is 1.66. The molecule has 5 nitrogen and oxygen atoms in total. The number of rotatable bonds is 4. The Morgan fingerprint density at radius 3 is 1.23 bits per heavy atom. The van der Waals surface area contributed by atoms with Crippen molar-refractivity contribution in [3.8, 4) is 11.5 Å². The Labute approximate surface area is 247 Å². The van der Waals surface area contributed by atoms with Gasteiger partial charge in [-0.25, -0.2) is 5.01 Å². The summed E-state index contributed by atoms with van der Waals surface area (Å²) in [5.41, 5.74) is 4.37. The lowest BCUT2D eigenvalue weighted by molar-refractivity contribution is -0.140. The molecule has 0 spiro atoms. The summed E-state index contributed by atoms with van der Waals surface area (Å²) in [6.07, 6.45) is 0. The Balaban J connectivity index is 2.47. The average Bonchev–Trinajstić information content (AvgIpc) is 3.13. The first-order valence-electron chi connectivity index (χ1n) is 14.3. The SMILES string of the molecule is CN(C)N1CSC(C(c2cc(C(C)(C)C)c(O)c(C(C)(C)C)c2)c2cc(C(C)(C)C)c(O)c(C(C)(C)C)c2)C1=O. The van der Waals surface area contributed by atoms with Gasteiger partial charge in [-0.05, 0) is 55.0 Å². The first-order chi connectivity index (χ1) is 18.0. The Morgan fingerprint density at radius 2 is 1.00 bits per heavy atom. The zero-order valence-corrected chi connectivity index (χ0v) is 28.1. The molecule has 3 rings (SSSR count). The molecule has 0 aromatic heterocycles. The van der Waals surface area contributed by atoms with Gasteiger partial charge in [-0.15, -0.1) is 11.8 Å². The van der Waals surface area contributed by atoms with Gasteiger partial charge in [0.15, 0.2) is 0 Å². The second-order valence-corrected chi connectivity index (χ2v) is 16.8. The number of hydrogen-bond acceptors (Lipinski definition) is 5. The van der Waals surface area contributed by atoms with Crippen LogP contribution < -0.4 is 0 Å². The van der Waals surface area contributed by atoms with Crippen LogP contribution in [0.1, 0.15) is 122 Å². The molecule has 0 bridgehead atoms. The fourth-order valence-corrected chi connectivity index (χ4v) is 6.92. The van der Waals surface area contributed by atoms with E-state index in [-0.39, 0.29) is 38.7 Å². The molecule has 1 unspecified atom stereocenters. The molecule has 222 valence electrons. The molecule has 1 aliphatic heterocycles. The summed E-state index contributed by atoms with van der Waals surface area (Å²) in [7, 11) is 3.81. The van der Waals surface area contributed by atoms with Gasteiger partial charge in [0.2, 0.25) is 0 Å². The van der Waals surface area contributed by atoms with E-state index < -0.39 is 0 Å². The summed E-state index contributed by atoms with van der Waals surface area (Å²) in [4.78, 5) is 14.0. The predicted molar refractivity (Wildman–Crippen MR) is 170 cm³/mol. The highest BCUT2D eigenvalue weighted by Crippen LogP contribution is 2.48. The largest absolute Gasteiger partial charge is 0.507 e. The lowest BCUT2D eigenvalue weighted by Crippen LogP contribution is -2.41. The van der Waals surface area contributed by atoms with Crippen molar-refractivity contribution in [1.82, 2.24) is 10.0 Å². The van der Waals surface area contributed by atoms with E-state index in [4.69, 9.17) is 0 Å². The van der Waals surface area contributed by atoms with E-state index in [0.717, 1.165) is 33.4 Å². The minimum absolute atomic E-state index is 0.0744. The second-order valence-electron chi connectivity index (χ2n) is 15.7. The number of hydrogen-bond donors (Lipinski definition) is 2. The Kier molecular flexibility index (Phi) is 8.55. The van der Waals surface area contributed by atoms with Gasteiger partial charge in [0.25, 0.3) is 5.91 Å². The molecule has 2 aromatic carbocycles. The average molecular weight is 569 g/mol. The van der Waals surface area contributed by atoms with Crippen molar-refractivity contribution in [3.05, 3.63) is 57.6 Å². The molecule has 1 fully saturated rings. The molecule has 1 aliphatic rings. The fourth-order valence-electron chi connectivity index (χ4n) is 5.49. The molecule has 0 saturated carbocycles. The van der Waals surface area contributed by atoms with Crippen LogP contribution in [0.25, 0.3) is 0 Å². The minimum atomic E-state index is -0.349. The molecule has 2 aromatic rings. The third-order valence-electron chi connectivity index (χ3n) is 7.87. The van der Waals surface area contributed by atoms with Crippen LogP contribution in [0, 0.1) is 0 Å². The quantitative estimate of drug-likeness (QED) is 0.394. The molecule has 1 saturated heterocycles. The minimum Gasteiger partial charge on any atom is -0.507 e. The van der Waals surface area contributed by atoms with Crippen molar-refractivity contribution in [1.29, 1.82) is 0 Å². The van der Waals surface area contributed by atoms with Crippen LogP contribution in [0.2, 0.25) is 0 Å².